The van der Waals surface area contributed by atoms with Crippen LogP contribution in [-0.2, 0) is 42.6 Å². The van der Waals surface area contributed by atoms with Gasteiger partial charge in [-0.05, 0) is 48.4 Å². The first-order chi connectivity index (χ1) is 15.4. The Kier molecular flexibility index (Phi) is 6.34. The number of hydrogen-bond donors (Lipinski definition) is 2. The molecule has 1 spiro atoms. The molecule has 2 aromatic carbocycles. The number of carbonyl (C=O) groups is 3. The van der Waals surface area contributed by atoms with Crippen LogP contribution >= 0.6 is 11.6 Å². The minimum Gasteiger partial charge on any atom is -0.465 e. The third kappa shape index (κ3) is 4.42. The summed E-state index contributed by atoms with van der Waals surface area (Å²) in [7, 11) is 1.34. The van der Waals surface area contributed by atoms with Crippen molar-refractivity contribution in [3.05, 3.63) is 63.7 Å². The molecule has 0 aromatic heterocycles. The van der Waals surface area contributed by atoms with Gasteiger partial charge in [-0.2, -0.15) is 0 Å². The monoisotopic (exact) mass is 458 g/mol. The Labute approximate surface area is 190 Å². The molecule has 1 saturated heterocycles. The molecule has 2 heterocycles. The first-order valence-electron chi connectivity index (χ1n) is 10.3. The number of benzene rings is 2. The number of hydrogen-bond acceptors (Lipinski definition) is 8. The minimum atomic E-state index is -1.53. The standard InChI is InChI=1S/C23H23ClN2O6/c1-30-22(29)15-4-2-14(3-5-15)12-26-21-16-10-11-25-13-23(17(16)6-7-18(21)24)31-19(27)8-9-20(28)32-23/h2-7,25-26H,8-13H2,1H3. The van der Waals surface area contributed by atoms with Crippen LogP contribution in [0.3, 0.4) is 0 Å². The lowest BCUT2D eigenvalue weighted by atomic mass is 9.96. The van der Waals surface area contributed by atoms with Crippen LogP contribution in [0.15, 0.2) is 36.4 Å². The topological polar surface area (TPSA) is 103 Å². The van der Waals surface area contributed by atoms with E-state index < -0.39 is 23.7 Å². The van der Waals surface area contributed by atoms with Gasteiger partial charge in [-0.15, -0.1) is 0 Å². The fraction of sp³-hybridized carbons (Fsp3) is 0.348. The average molecular weight is 459 g/mol. The fourth-order valence-corrected chi connectivity index (χ4v) is 4.18. The lowest BCUT2D eigenvalue weighted by Gasteiger charge is -2.32. The zero-order chi connectivity index (χ0) is 22.7. The number of nitrogens with one attached hydrogen (secondary N) is 2. The molecule has 0 unspecified atom stereocenters. The normalized spacial score (nSPS) is 17.4. The average Bonchev–Trinajstić information content (AvgIpc) is 3.05. The summed E-state index contributed by atoms with van der Waals surface area (Å²) in [4.78, 5) is 36.1. The van der Waals surface area contributed by atoms with Crippen molar-refractivity contribution >= 4 is 35.2 Å². The molecular formula is C23H23ClN2O6. The van der Waals surface area contributed by atoms with Crippen LogP contribution in [0.2, 0.25) is 5.02 Å². The van der Waals surface area contributed by atoms with Gasteiger partial charge in [-0.25, -0.2) is 4.79 Å². The van der Waals surface area contributed by atoms with Crippen molar-refractivity contribution in [1.29, 1.82) is 0 Å². The van der Waals surface area contributed by atoms with E-state index in [1.54, 1.807) is 24.3 Å². The van der Waals surface area contributed by atoms with Crippen LogP contribution in [0.1, 0.15) is 39.9 Å². The Morgan fingerprint density at radius 3 is 2.44 bits per heavy atom. The summed E-state index contributed by atoms with van der Waals surface area (Å²) >= 11 is 6.52. The van der Waals surface area contributed by atoms with Crippen LogP contribution in [0.5, 0.6) is 0 Å². The number of methoxy groups -OCH3 is 1. The predicted molar refractivity (Wildman–Crippen MR) is 116 cm³/mol. The molecule has 0 radical (unpaired) electrons. The molecule has 8 nitrogen and oxygen atoms in total. The van der Waals surface area contributed by atoms with Crippen molar-refractivity contribution in [2.45, 2.75) is 31.6 Å². The highest BCUT2D eigenvalue weighted by molar-refractivity contribution is 6.33. The smallest absolute Gasteiger partial charge is 0.337 e. The van der Waals surface area contributed by atoms with Gasteiger partial charge in [0.25, 0.3) is 5.79 Å². The van der Waals surface area contributed by atoms with E-state index in [1.165, 1.54) is 7.11 Å². The van der Waals surface area contributed by atoms with Crippen molar-refractivity contribution in [2.24, 2.45) is 0 Å². The quantitative estimate of drug-likeness (QED) is 0.674. The molecule has 9 heteroatoms. The summed E-state index contributed by atoms with van der Waals surface area (Å²) in [5.74, 6) is -2.90. The van der Waals surface area contributed by atoms with E-state index in [0.717, 1.165) is 11.1 Å². The Morgan fingerprint density at radius 1 is 1.09 bits per heavy atom. The number of fused-ring (bicyclic) bond motifs is 2. The maximum Gasteiger partial charge on any atom is 0.337 e. The minimum absolute atomic E-state index is 0.0177. The highest BCUT2D eigenvalue weighted by Gasteiger charge is 2.45. The van der Waals surface area contributed by atoms with Crippen LogP contribution in [0.25, 0.3) is 0 Å². The summed E-state index contributed by atoms with van der Waals surface area (Å²) in [6.45, 7) is 1.19. The fourth-order valence-electron chi connectivity index (χ4n) is 3.93. The maximum atomic E-state index is 12.2. The van der Waals surface area contributed by atoms with Crippen molar-refractivity contribution < 1.29 is 28.6 Å². The van der Waals surface area contributed by atoms with Crippen molar-refractivity contribution in [3.63, 3.8) is 0 Å². The van der Waals surface area contributed by atoms with Crippen molar-refractivity contribution in [1.82, 2.24) is 5.32 Å². The number of esters is 3. The largest absolute Gasteiger partial charge is 0.465 e. The van der Waals surface area contributed by atoms with E-state index in [2.05, 4.69) is 10.6 Å². The van der Waals surface area contributed by atoms with Gasteiger partial charge < -0.3 is 24.8 Å². The van der Waals surface area contributed by atoms with Gasteiger partial charge in [-0.3, -0.25) is 9.59 Å². The van der Waals surface area contributed by atoms with Crippen LogP contribution in [0, 0.1) is 0 Å². The number of halogens is 1. The van der Waals surface area contributed by atoms with Crippen molar-refractivity contribution in [3.8, 4) is 0 Å². The Balaban J connectivity index is 1.65. The van der Waals surface area contributed by atoms with E-state index in [9.17, 15) is 14.4 Å². The van der Waals surface area contributed by atoms with Gasteiger partial charge >= 0.3 is 17.9 Å². The van der Waals surface area contributed by atoms with Gasteiger partial charge in [0.05, 0.1) is 42.8 Å². The van der Waals surface area contributed by atoms with E-state index in [0.29, 0.717) is 41.3 Å². The van der Waals surface area contributed by atoms with Gasteiger partial charge in [0, 0.05) is 12.1 Å². The molecule has 2 aliphatic heterocycles. The molecule has 0 aliphatic carbocycles. The van der Waals surface area contributed by atoms with Crippen LogP contribution < -0.4 is 10.6 Å². The molecule has 0 bridgehead atoms. The van der Waals surface area contributed by atoms with Crippen LogP contribution in [-0.4, -0.2) is 38.1 Å². The number of carbonyl (C=O) groups excluding carboxylic acids is 3. The second-order valence-electron chi connectivity index (χ2n) is 7.62. The molecule has 1 fully saturated rings. The Hall–Kier alpha value is -3.10. The SMILES string of the molecule is COC(=O)c1ccc(CNc2c(Cl)ccc3c2CCNCC32OC(=O)CCC(=O)O2)cc1. The Bertz CT molecular complexity index is 1040. The predicted octanol–water partition coefficient (Wildman–Crippen LogP) is 2.92. The lowest BCUT2D eigenvalue weighted by Crippen LogP contribution is -2.43. The van der Waals surface area contributed by atoms with E-state index in [-0.39, 0.29) is 19.4 Å². The number of anilines is 1. The first-order valence-corrected chi connectivity index (χ1v) is 10.7. The highest BCUT2D eigenvalue weighted by atomic mass is 35.5. The zero-order valence-corrected chi connectivity index (χ0v) is 18.3. The molecule has 2 aliphatic rings. The van der Waals surface area contributed by atoms with Crippen molar-refractivity contribution in [2.75, 3.05) is 25.5 Å². The lowest BCUT2D eigenvalue weighted by molar-refractivity contribution is -0.225. The molecule has 2 aromatic rings. The summed E-state index contributed by atoms with van der Waals surface area (Å²) < 4.78 is 16.0. The third-order valence-corrected chi connectivity index (χ3v) is 5.83. The molecule has 2 N–H and O–H groups in total. The molecule has 32 heavy (non-hydrogen) atoms. The van der Waals surface area contributed by atoms with Gasteiger partial charge in [0.1, 0.15) is 0 Å². The third-order valence-electron chi connectivity index (χ3n) is 5.52. The van der Waals surface area contributed by atoms with Gasteiger partial charge in [0.15, 0.2) is 0 Å². The molecular weight excluding hydrogens is 436 g/mol. The Morgan fingerprint density at radius 2 is 1.78 bits per heavy atom. The molecule has 0 atom stereocenters. The van der Waals surface area contributed by atoms with E-state index in [4.69, 9.17) is 25.8 Å². The molecule has 4 rings (SSSR count). The van der Waals surface area contributed by atoms with E-state index in [1.807, 2.05) is 12.1 Å². The number of ether oxygens (including phenoxy) is 3. The number of rotatable bonds is 4. The zero-order valence-electron chi connectivity index (χ0n) is 17.5. The molecule has 168 valence electrons. The van der Waals surface area contributed by atoms with Crippen LogP contribution in [0.4, 0.5) is 5.69 Å². The summed E-state index contributed by atoms with van der Waals surface area (Å²) in [6, 6.07) is 10.5. The maximum absolute atomic E-state index is 12.2. The first kappa shape index (κ1) is 22.1. The second-order valence-corrected chi connectivity index (χ2v) is 8.03. The second kappa shape index (κ2) is 9.18. The van der Waals surface area contributed by atoms with Gasteiger partial charge in [-0.1, -0.05) is 23.7 Å². The summed E-state index contributed by atoms with van der Waals surface area (Å²) in [6.07, 6.45) is 0.558. The summed E-state index contributed by atoms with van der Waals surface area (Å²) in [5, 5.41) is 7.05. The summed E-state index contributed by atoms with van der Waals surface area (Å²) in [5.41, 5.74) is 3.49. The molecule has 0 saturated carbocycles. The van der Waals surface area contributed by atoms with Gasteiger partial charge in [0.2, 0.25) is 0 Å². The molecule has 0 amide bonds. The highest BCUT2D eigenvalue weighted by Crippen LogP contribution is 2.40. The van der Waals surface area contributed by atoms with E-state index >= 15 is 0 Å².